The van der Waals surface area contributed by atoms with Crippen molar-refractivity contribution in [2.75, 3.05) is 25.1 Å². The zero-order valence-electron chi connectivity index (χ0n) is 20.2. The first-order valence-electron chi connectivity index (χ1n) is 11.1. The summed E-state index contributed by atoms with van der Waals surface area (Å²) in [5.41, 5.74) is 1.23. The zero-order valence-corrected chi connectivity index (χ0v) is 21.0. The van der Waals surface area contributed by atoms with Crippen molar-refractivity contribution in [3.05, 3.63) is 78.4 Å². The number of ether oxygens (including phenoxy) is 3. The summed E-state index contributed by atoms with van der Waals surface area (Å²) in [5.74, 6) is 0.975. The van der Waals surface area contributed by atoms with Crippen LogP contribution < -0.4 is 23.8 Å². The van der Waals surface area contributed by atoms with E-state index in [0.29, 0.717) is 11.4 Å². The fraction of sp³-hybridized carbons (Fsp3) is 0.269. The number of nitrogens with zero attached hydrogens (tertiary/aromatic N) is 1. The predicted molar refractivity (Wildman–Crippen MR) is 135 cm³/mol. The Labute approximate surface area is 206 Å². The summed E-state index contributed by atoms with van der Waals surface area (Å²) in [6, 6.07) is 20.2. The van der Waals surface area contributed by atoms with E-state index in [9.17, 15) is 13.2 Å². The highest BCUT2D eigenvalue weighted by molar-refractivity contribution is 7.92. The Morgan fingerprint density at radius 2 is 1.57 bits per heavy atom. The van der Waals surface area contributed by atoms with Gasteiger partial charge < -0.3 is 19.5 Å². The van der Waals surface area contributed by atoms with Gasteiger partial charge in [-0.05, 0) is 55.8 Å². The maximum atomic E-state index is 13.6. The molecule has 0 aliphatic rings. The number of hydrogen-bond acceptors (Lipinski definition) is 6. The molecule has 0 heterocycles. The van der Waals surface area contributed by atoms with Crippen molar-refractivity contribution >= 4 is 21.6 Å². The fourth-order valence-corrected chi connectivity index (χ4v) is 4.80. The number of rotatable bonds is 11. The fourth-order valence-electron chi connectivity index (χ4n) is 3.36. The molecule has 8 nitrogen and oxygen atoms in total. The molecule has 0 aromatic heterocycles. The SMILES string of the molecule is COc1ccc(S(=O)(=O)N(CC(=O)NCc2ccc(OC(C)C)cc2)c2ccccc2)cc1OC. The summed E-state index contributed by atoms with van der Waals surface area (Å²) < 4.78 is 44.3. The molecule has 35 heavy (non-hydrogen) atoms. The van der Waals surface area contributed by atoms with E-state index in [1.807, 2.05) is 38.1 Å². The number of anilines is 1. The number of carbonyl (C=O) groups excluding carboxylic acids is 1. The second kappa shape index (κ2) is 11.6. The minimum absolute atomic E-state index is 0.0208. The molecule has 3 aromatic carbocycles. The first-order valence-corrected chi connectivity index (χ1v) is 12.5. The van der Waals surface area contributed by atoms with Crippen LogP contribution >= 0.6 is 0 Å². The molecule has 0 bridgehead atoms. The van der Waals surface area contributed by atoms with E-state index >= 15 is 0 Å². The monoisotopic (exact) mass is 498 g/mol. The Balaban J connectivity index is 1.80. The summed E-state index contributed by atoms with van der Waals surface area (Å²) in [5, 5.41) is 2.79. The molecule has 0 aliphatic heterocycles. The van der Waals surface area contributed by atoms with Crippen LogP contribution in [0.2, 0.25) is 0 Å². The van der Waals surface area contributed by atoms with Gasteiger partial charge >= 0.3 is 0 Å². The standard InChI is InChI=1S/C26H30N2O6S/c1-19(2)34-22-12-10-20(11-13-22)17-27-26(29)18-28(21-8-6-5-7-9-21)35(30,31)23-14-15-24(32-3)25(16-23)33-4/h5-16,19H,17-18H2,1-4H3,(H,27,29). The maximum Gasteiger partial charge on any atom is 0.264 e. The number of para-hydroxylation sites is 1. The molecule has 3 aromatic rings. The molecular formula is C26H30N2O6S. The van der Waals surface area contributed by atoms with Crippen LogP contribution in [0.1, 0.15) is 19.4 Å². The summed E-state index contributed by atoms with van der Waals surface area (Å²) in [6.45, 7) is 3.75. The van der Waals surface area contributed by atoms with Crippen molar-refractivity contribution in [3.63, 3.8) is 0 Å². The average Bonchev–Trinajstić information content (AvgIpc) is 2.86. The molecule has 186 valence electrons. The zero-order chi connectivity index (χ0) is 25.4. The number of amides is 1. The Bertz CT molecular complexity index is 1230. The van der Waals surface area contributed by atoms with Gasteiger partial charge in [-0.2, -0.15) is 0 Å². The maximum absolute atomic E-state index is 13.6. The molecule has 0 unspecified atom stereocenters. The van der Waals surface area contributed by atoms with Crippen molar-refractivity contribution in [2.45, 2.75) is 31.4 Å². The van der Waals surface area contributed by atoms with Crippen molar-refractivity contribution < 1.29 is 27.4 Å². The summed E-state index contributed by atoms with van der Waals surface area (Å²) in [6.07, 6.45) is 0.0668. The van der Waals surface area contributed by atoms with Gasteiger partial charge in [-0.25, -0.2) is 8.42 Å². The van der Waals surface area contributed by atoms with Crippen LogP contribution in [0.4, 0.5) is 5.69 Å². The number of benzene rings is 3. The van der Waals surface area contributed by atoms with Gasteiger partial charge in [-0.1, -0.05) is 30.3 Å². The highest BCUT2D eigenvalue weighted by Gasteiger charge is 2.28. The van der Waals surface area contributed by atoms with E-state index < -0.39 is 22.5 Å². The van der Waals surface area contributed by atoms with Gasteiger partial charge in [0.05, 0.1) is 30.9 Å². The lowest BCUT2D eigenvalue weighted by Gasteiger charge is -2.24. The highest BCUT2D eigenvalue weighted by atomic mass is 32.2. The Kier molecular flexibility index (Phi) is 8.59. The van der Waals surface area contributed by atoms with Gasteiger partial charge in [0, 0.05) is 12.6 Å². The van der Waals surface area contributed by atoms with Gasteiger partial charge in [-0.3, -0.25) is 9.10 Å². The molecule has 0 saturated heterocycles. The first-order chi connectivity index (χ1) is 16.7. The molecule has 0 aliphatic carbocycles. The average molecular weight is 499 g/mol. The summed E-state index contributed by atoms with van der Waals surface area (Å²) in [4.78, 5) is 12.8. The predicted octanol–water partition coefficient (Wildman–Crippen LogP) is 4.00. The van der Waals surface area contributed by atoms with Gasteiger partial charge in [0.15, 0.2) is 11.5 Å². The molecule has 3 rings (SSSR count). The molecule has 0 atom stereocenters. The molecular weight excluding hydrogens is 468 g/mol. The molecule has 0 fully saturated rings. The van der Waals surface area contributed by atoms with Crippen LogP contribution in [-0.2, 0) is 21.4 Å². The van der Waals surface area contributed by atoms with E-state index in [2.05, 4.69) is 5.32 Å². The minimum Gasteiger partial charge on any atom is -0.493 e. The summed E-state index contributed by atoms with van der Waals surface area (Å²) in [7, 11) is -1.19. The lowest BCUT2D eigenvalue weighted by molar-refractivity contribution is -0.119. The number of nitrogens with one attached hydrogen (secondary N) is 1. The Morgan fingerprint density at radius 3 is 2.17 bits per heavy atom. The van der Waals surface area contributed by atoms with E-state index in [1.54, 1.807) is 30.3 Å². The Morgan fingerprint density at radius 1 is 0.914 bits per heavy atom. The quantitative estimate of drug-likeness (QED) is 0.429. The molecule has 1 amide bonds. The van der Waals surface area contributed by atoms with Crippen LogP contribution in [0.3, 0.4) is 0 Å². The Hall–Kier alpha value is -3.72. The molecule has 0 spiro atoms. The van der Waals surface area contributed by atoms with E-state index in [4.69, 9.17) is 14.2 Å². The minimum atomic E-state index is -4.09. The molecule has 1 N–H and O–H groups in total. The molecule has 0 saturated carbocycles. The van der Waals surface area contributed by atoms with E-state index in [-0.39, 0.29) is 23.3 Å². The first kappa shape index (κ1) is 25.9. The normalized spacial score (nSPS) is 11.1. The van der Waals surface area contributed by atoms with Crippen LogP contribution in [0.15, 0.2) is 77.7 Å². The van der Waals surface area contributed by atoms with Crippen molar-refractivity contribution in [2.24, 2.45) is 0 Å². The van der Waals surface area contributed by atoms with Crippen LogP contribution in [0.5, 0.6) is 17.2 Å². The highest BCUT2D eigenvalue weighted by Crippen LogP contribution is 2.32. The number of carbonyl (C=O) groups is 1. The third kappa shape index (κ3) is 6.66. The van der Waals surface area contributed by atoms with Crippen molar-refractivity contribution in [1.29, 1.82) is 0 Å². The largest absolute Gasteiger partial charge is 0.493 e. The van der Waals surface area contributed by atoms with E-state index in [0.717, 1.165) is 15.6 Å². The number of hydrogen-bond donors (Lipinski definition) is 1. The lowest BCUT2D eigenvalue weighted by Crippen LogP contribution is -2.40. The van der Waals surface area contributed by atoms with Gasteiger partial charge in [0.2, 0.25) is 5.91 Å². The van der Waals surface area contributed by atoms with Crippen LogP contribution in [-0.4, -0.2) is 41.2 Å². The van der Waals surface area contributed by atoms with Crippen molar-refractivity contribution in [3.8, 4) is 17.2 Å². The topological polar surface area (TPSA) is 94.2 Å². The number of sulfonamides is 1. The smallest absolute Gasteiger partial charge is 0.264 e. The van der Waals surface area contributed by atoms with Crippen LogP contribution in [0.25, 0.3) is 0 Å². The van der Waals surface area contributed by atoms with Gasteiger partial charge in [-0.15, -0.1) is 0 Å². The molecule has 9 heteroatoms. The van der Waals surface area contributed by atoms with Crippen molar-refractivity contribution in [1.82, 2.24) is 5.32 Å². The van der Waals surface area contributed by atoms with E-state index in [1.165, 1.54) is 32.4 Å². The second-order valence-corrected chi connectivity index (χ2v) is 9.81. The van der Waals surface area contributed by atoms with Gasteiger partial charge in [0.1, 0.15) is 12.3 Å². The van der Waals surface area contributed by atoms with Gasteiger partial charge in [0.25, 0.3) is 10.0 Å². The summed E-state index contributed by atoms with van der Waals surface area (Å²) >= 11 is 0. The third-order valence-corrected chi connectivity index (χ3v) is 6.83. The lowest BCUT2D eigenvalue weighted by atomic mass is 10.2. The molecule has 0 radical (unpaired) electrons. The number of methoxy groups -OCH3 is 2. The third-order valence-electron chi connectivity index (χ3n) is 5.06. The second-order valence-electron chi connectivity index (χ2n) is 7.95. The van der Waals surface area contributed by atoms with Crippen LogP contribution in [0, 0.1) is 0 Å².